The van der Waals surface area contributed by atoms with Crippen LogP contribution < -0.4 is 5.73 Å². The first-order valence-corrected chi connectivity index (χ1v) is 6.00. The van der Waals surface area contributed by atoms with Crippen LogP contribution in [-0.2, 0) is 23.9 Å². The minimum atomic E-state index is -0.895. The topological polar surface area (TPSA) is 100 Å². The summed E-state index contributed by atoms with van der Waals surface area (Å²) in [5.41, 5.74) is 6.21. The Bertz CT molecular complexity index is 581. The highest BCUT2D eigenvalue weighted by Crippen LogP contribution is 2.10. The van der Waals surface area contributed by atoms with Crippen molar-refractivity contribution in [1.82, 2.24) is 0 Å². The number of hydrogen-bond donors (Lipinski definition) is 1. The highest BCUT2D eigenvalue weighted by molar-refractivity contribution is 6.30. The fourth-order valence-corrected chi connectivity index (χ4v) is 1.29. The molecule has 0 spiro atoms. The lowest BCUT2D eigenvalue weighted by Crippen LogP contribution is -2.16. The molecule has 0 amide bonds. The van der Waals surface area contributed by atoms with Crippen molar-refractivity contribution in [2.45, 2.75) is 0 Å². The van der Waals surface area contributed by atoms with Gasteiger partial charge >= 0.3 is 11.9 Å². The highest BCUT2D eigenvalue weighted by atomic mass is 35.5. The number of esters is 2. The fourth-order valence-electron chi connectivity index (χ4n) is 1.16. The maximum absolute atomic E-state index is 11.4. The van der Waals surface area contributed by atoms with Crippen molar-refractivity contribution >= 4 is 29.4 Å². The molecule has 0 radical (unpaired) electrons. The number of halogens is 1. The van der Waals surface area contributed by atoms with E-state index in [1.165, 1.54) is 0 Å². The molecule has 0 aliphatic rings. The molecule has 0 saturated carbocycles. The van der Waals surface area contributed by atoms with Crippen molar-refractivity contribution in [2.24, 2.45) is 10.9 Å². The van der Waals surface area contributed by atoms with Crippen molar-refractivity contribution < 1.29 is 23.9 Å². The normalized spacial score (nSPS) is 11.8. The number of carbonyl (C=O) groups is 2. The number of rotatable bonds is 5. The molecule has 0 aliphatic carbocycles. The average Bonchev–Trinajstić information content (AvgIpc) is 2.50. The van der Waals surface area contributed by atoms with Gasteiger partial charge in [0.2, 0.25) is 5.76 Å². The Morgan fingerprint density at radius 3 is 2.33 bits per heavy atom. The van der Waals surface area contributed by atoms with Gasteiger partial charge in [-0.2, -0.15) is 0 Å². The van der Waals surface area contributed by atoms with Crippen LogP contribution in [0.4, 0.5) is 0 Å². The Balaban J connectivity index is 2.91. The smallest absolute Gasteiger partial charge is 0.377 e. The summed E-state index contributed by atoms with van der Waals surface area (Å²) >= 11 is 5.74. The Morgan fingerprint density at radius 1 is 1.19 bits per heavy atom. The predicted molar refractivity (Wildman–Crippen MR) is 75.4 cm³/mol. The first-order valence-electron chi connectivity index (χ1n) is 5.62. The highest BCUT2D eigenvalue weighted by Gasteiger charge is 2.15. The number of nitrogens with zero attached hydrogens (tertiary/aromatic N) is 1. The standard InChI is InChI=1S/C13H13ClN2O5/c1-19-11(17)7-10(13(18)20-2)21-16-12(15)8-3-5-9(14)6-4-8/h3-7H,1-2H3,(H2,15,16)/b10-7+. The van der Waals surface area contributed by atoms with Crippen molar-refractivity contribution in [3.05, 3.63) is 46.7 Å². The molecule has 0 fully saturated rings. The fraction of sp³-hybridized carbons (Fsp3) is 0.154. The lowest BCUT2D eigenvalue weighted by atomic mass is 10.2. The van der Waals surface area contributed by atoms with Gasteiger partial charge in [-0.3, -0.25) is 0 Å². The summed E-state index contributed by atoms with van der Waals surface area (Å²) in [4.78, 5) is 27.3. The third-order valence-corrected chi connectivity index (χ3v) is 2.47. The summed E-state index contributed by atoms with van der Waals surface area (Å²) in [6, 6.07) is 6.47. The van der Waals surface area contributed by atoms with Gasteiger partial charge in [0, 0.05) is 10.6 Å². The molecule has 0 unspecified atom stereocenters. The Hall–Kier alpha value is -2.54. The second-order valence-electron chi connectivity index (χ2n) is 3.60. The molecular formula is C13H13ClN2O5. The molecule has 7 nitrogen and oxygen atoms in total. The zero-order valence-electron chi connectivity index (χ0n) is 11.3. The van der Waals surface area contributed by atoms with E-state index >= 15 is 0 Å². The monoisotopic (exact) mass is 312 g/mol. The number of oxime groups is 1. The van der Waals surface area contributed by atoms with Crippen LogP contribution in [0.1, 0.15) is 5.56 Å². The number of hydrogen-bond acceptors (Lipinski definition) is 6. The third kappa shape index (κ3) is 5.15. The van der Waals surface area contributed by atoms with Gasteiger partial charge in [-0.15, -0.1) is 0 Å². The van der Waals surface area contributed by atoms with Crippen LogP contribution in [0.2, 0.25) is 5.02 Å². The van der Waals surface area contributed by atoms with Gasteiger partial charge in [0.25, 0.3) is 0 Å². The summed E-state index contributed by atoms with van der Waals surface area (Å²) in [6.07, 6.45) is 0.796. The van der Waals surface area contributed by atoms with Gasteiger partial charge in [-0.25, -0.2) is 9.59 Å². The van der Waals surface area contributed by atoms with Gasteiger partial charge in [-0.05, 0) is 24.3 Å². The second kappa shape index (κ2) is 7.91. The van der Waals surface area contributed by atoms with Gasteiger partial charge in [0.15, 0.2) is 5.84 Å². The third-order valence-electron chi connectivity index (χ3n) is 2.22. The maximum Gasteiger partial charge on any atom is 0.377 e. The van der Waals surface area contributed by atoms with Crippen molar-refractivity contribution in [1.29, 1.82) is 0 Å². The first kappa shape index (κ1) is 16.5. The molecule has 0 aliphatic heterocycles. The van der Waals surface area contributed by atoms with Gasteiger partial charge in [0.1, 0.15) is 0 Å². The number of amidine groups is 1. The molecule has 112 valence electrons. The first-order chi connectivity index (χ1) is 9.97. The molecule has 8 heteroatoms. The number of ether oxygens (including phenoxy) is 2. The minimum Gasteiger partial charge on any atom is -0.466 e. The molecule has 21 heavy (non-hydrogen) atoms. The lowest BCUT2D eigenvalue weighted by Gasteiger charge is -2.04. The summed E-state index contributed by atoms with van der Waals surface area (Å²) in [5, 5.41) is 4.09. The lowest BCUT2D eigenvalue weighted by molar-refractivity contribution is -0.142. The quantitative estimate of drug-likeness (QED) is 0.219. The number of nitrogens with two attached hydrogens (primary N) is 1. The second-order valence-corrected chi connectivity index (χ2v) is 4.03. The largest absolute Gasteiger partial charge is 0.466 e. The van der Waals surface area contributed by atoms with Crippen LogP contribution in [0.5, 0.6) is 0 Å². The van der Waals surface area contributed by atoms with Crippen LogP contribution >= 0.6 is 11.6 Å². The van der Waals surface area contributed by atoms with Crippen LogP contribution in [-0.4, -0.2) is 32.0 Å². The minimum absolute atomic E-state index is 0.00802. The van der Waals surface area contributed by atoms with Crippen LogP contribution in [0, 0.1) is 0 Å². The van der Waals surface area contributed by atoms with E-state index in [1.54, 1.807) is 24.3 Å². The summed E-state index contributed by atoms with van der Waals surface area (Å²) in [5.74, 6) is -2.16. The van der Waals surface area contributed by atoms with E-state index in [1.807, 2.05) is 0 Å². The van der Waals surface area contributed by atoms with Gasteiger partial charge < -0.3 is 20.0 Å². The molecule has 0 bridgehead atoms. The molecule has 0 aromatic heterocycles. The molecule has 1 aromatic rings. The predicted octanol–water partition coefficient (Wildman–Crippen LogP) is 1.21. The van der Waals surface area contributed by atoms with E-state index < -0.39 is 17.7 Å². The van der Waals surface area contributed by atoms with E-state index in [-0.39, 0.29) is 5.84 Å². The summed E-state index contributed by atoms with van der Waals surface area (Å²) < 4.78 is 8.83. The Kier molecular flexibility index (Phi) is 6.22. The van der Waals surface area contributed by atoms with E-state index in [2.05, 4.69) is 14.6 Å². The van der Waals surface area contributed by atoms with Crippen molar-refractivity contribution in [2.75, 3.05) is 14.2 Å². The molecule has 1 rings (SSSR count). The van der Waals surface area contributed by atoms with Crippen molar-refractivity contribution in [3.63, 3.8) is 0 Å². The Morgan fingerprint density at radius 2 is 1.81 bits per heavy atom. The van der Waals surface area contributed by atoms with Crippen LogP contribution in [0.25, 0.3) is 0 Å². The number of methoxy groups -OCH3 is 2. The van der Waals surface area contributed by atoms with E-state index in [4.69, 9.17) is 22.2 Å². The number of benzene rings is 1. The van der Waals surface area contributed by atoms with Gasteiger partial charge in [0.05, 0.1) is 20.3 Å². The zero-order chi connectivity index (χ0) is 15.8. The SMILES string of the molecule is COC(=O)/C=C(/O/N=C(\N)c1ccc(Cl)cc1)C(=O)OC. The van der Waals surface area contributed by atoms with Gasteiger partial charge in [-0.1, -0.05) is 16.8 Å². The van der Waals surface area contributed by atoms with E-state index in [9.17, 15) is 9.59 Å². The van der Waals surface area contributed by atoms with E-state index in [0.717, 1.165) is 20.3 Å². The summed E-state index contributed by atoms with van der Waals surface area (Å²) in [6.45, 7) is 0. The average molecular weight is 313 g/mol. The van der Waals surface area contributed by atoms with Crippen molar-refractivity contribution in [3.8, 4) is 0 Å². The molecule has 2 N–H and O–H groups in total. The molecule has 0 saturated heterocycles. The Labute approximate surface area is 125 Å². The zero-order valence-corrected chi connectivity index (χ0v) is 12.1. The van der Waals surface area contributed by atoms with Crippen LogP contribution in [0.3, 0.4) is 0 Å². The number of carbonyl (C=O) groups excluding carboxylic acids is 2. The van der Waals surface area contributed by atoms with E-state index in [0.29, 0.717) is 10.6 Å². The summed E-state index contributed by atoms with van der Waals surface area (Å²) in [7, 11) is 2.28. The molecule has 0 atom stereocenters. The molecule has 1 aromatic carbocycles. The molecule has 0 heterocycles. The maximum atomic E-state index is 11.4. The van der Waals surface area contributed by atoms with Crippen LogP contribution in [0.15, 0.2) is 41.3 Å². The molecular weight excluding hydrogens is 300 g/mol.